The summed E-state index contributed by atoms with van der Waals surface area (Å²) in [5.74, 6) is 0. The number of nitrogens with one attached hydrogen (secondary N) is 1. The van der Waals surface area contributed by atoms with Gasteiger partial charge in [0.15, 0.2) is 0 Å². The first-order valence-electron chi connectivity index (χ1n) is 6.20. The number of anilines is 1. The molecular formula is C12H18ClN3O4. The van der Waals surface area contributed by atoms with Crippen LogP contribution in [0.15, 0.2) is 24.3 Å². The molecule has 112 valence electrons. The van der Waals surface area contributed by atoms with Gasteiger partial charge in [0.2, 0.25) is 0 Å². The van der Waals surface area contributed by atoms with Crippen molar-refractivity contribution in [3.8, 4) is 0 Å². The Morgan fingerprint density at radius 3 is 2.65 bits per heavy atom. The summed E-state index contributed by atoms with van der Waals surface area (Å²) in [5.41, 5.74) is 3.35. The normalized spacial score (nSPS) is 12.2. The minimum absolute atomic E-state index is 0.0475. The molecule has 1 aromatic rings. The molecule has 0 saturated carbocycles. The lowest BCUT2D eigenvalue weighted by Gasteiger charge is -2.25. The smallest absolute Gasteiger partial charge is 0.269 e. The Morgan fingerprint density at radius 2 is 2.15 bits per heavy atom. The van der Waals surface area contributed by atoms with Crippen LogP contribution in [0.3, 0.4) is 0 Å². The number of nitrogens with zero attached hydrogens (tertiary/aromatic N) is 2. The molecule has 8 heteroatoms. The van der Waals surface area contributed by atoms with Crippen molar-refractivity contribution in [1.82, 2.24) is 5.43 Å². The third-order valence-corrected chi connectivity index (χ3v) is 2.80. The third-order valence-electron chi connectivity index (χ3n) is 2.52. The van der Waals surface area contributed by atoms with E-state index >= 15 is 0 Å². The number of hydrazine groups is 1. The zero-order valence-electron chi connectivity index (χ0n) is 11.2. The second-order valence-electron chi connectivity index (χ2n) is 3.88. The van der Waals surface area contributed by atoms with Gasteiger partial charge >= 0.3 is 0 Å². The fraction of sp³-hybridized carbons (Fsp3) is 0.500. The number of hydrogen-bond acceptors (Lipinski definition) is 6. The molecule has 0 heterocycles. The van der Waals surface area contributed by atoms with Crippen LogP contribution < -0.4 is 10.4 Å². The molecule has 1 rings (SSSR count). The van der Waals surface area contributed by atoms with E-state index in [1.165, 1.54) is 12.1 Å². The molecule has 1 atom stereocenters. The highest BCUT2D eigenvalue weighted by molar-refractivity contribution is 6.19. The van der Waals surface area contributed by atoms with Crippen LogP contribution in [0.4, 0.5) is 11.4 Å². The van der Waals surface area contributed by atoms with Crippen molar-refractivity contribution in [3.63, 3.8) is 0 Å². The zero-order valence-corrected chi connectivity index (χ0v) is 11.9. The van der Waals surface area contributed by atoms with Gasteiger partial charge in [-0.1, -0.05) is 11.6 Å². The standard InChI is InChI=1S/C12H18ClN3O4/c1-2-15(14-9-12(13)20-8-7-17)10-3-5-11(6-4-10)16(18)19/h3-6,12,14,17H,2,7-9H2,1H3. The molecule has 0 fully saturated rings. The summed E-state index contributed by atoms with van der Waals surface area (Å²) in [6.45, 7) is 3.04. The van der Waals surface area contributed by atoms with Crippen molar-refractivity contribution < 1.29 is 14.8 Å². The maximum Gasteiger partial charge on any atom is 0.269 e. The van der Waals surface area contributed by atoms with Gasteiger partial charge in [-0.05, 0) is 19.1 Å². The van der Waals surface area contributed by atoms with Gasteiger partial charge in [0, 0.05) is 18.7 Å². The number of nitro benzene ring substituents is 1. The summed E-state index contributed by atoms with van der Waals surface area (Å²) in [7, 11) is 0. The second-order valence-corrected chi connectivity index (χ2v) is 4.37. The molecule has 1 aromatic carbocycles. The first kappa shape index (κ1) is 16.6. The highest BCUT2D eigenvalue weighted by Crippen LogP contribution is 2.18. The average molecular weight is 304 g/mol. The molecule has 1 unspecified atom stereocenters. The van der Waals surface area contributed by atoms with Crippen LogP contribution in [0.25, 0.3) is 0 Å². The monoisotopic (exact) mass is 303 g/mol. The quantitative estimate of drug-likeness (QED) is 0.408. The van der Waals surface area contributed by atoms with Crippen LogP contribution in [0.1, 0.15) is 6.92 Å². The van der Waals surface area contributed by atoms with Crippen LogP contribution in [0, 0.1) is 10.1 Å². The Morgan fingerprint density at radius 1 is 1.50 bits per heavy atom. The zero-order chi connectivity index (χ0) is 15.0. The number of aliphatic hydroxyl groups excluding tert-OH is 1. The Balaban J connectivity index is 2.55. The molecule has 0 aliphatic carbocycles. The molecule has 0 aromatic heterocycles. The third kappa shape index (κ3) is 5.30. The summed E-state index contributed by atoms with van der Waals surface area (Å²) in [6, 6.07) is 6.21. The van der Waals surface area contributed by atoms with E-state index in [1.807, 2.05) is 6.92 Å². The van der Waals surface area contributed by atoms with E-state index in [-0.39, 0.29) is 18.9 Å². The number of alkyl halides is 1. The van der Waals surface area contributed by atoms with E-state index in [0.29, 0.717) is 13.1 Å². The van der Waals surface area contributed by atoms with E-state index in [4.69, 9.17) is 21.4 Å². The summed E-state index contributed by atoms with van der Waals surface area (Å²) in [4.78, 5) is 10.1. The highest BCUT2D eigenvalue weighted by Gasteiger charge is 2.10. The van der Waals surface area contributed by atoms with E-state index in [9.17, 15) is 10.1 Å². The van der Waals surface area contributed by atoms with Crippen molar-refractivity contribution in [2.24, 2.45) is 0 Å². The predicted octanol–water partition coefficient (Wildman–Crippen LogP) is 1.50. The lowest BCUT2D eigenvalue weighted by Crippen LogP contribution is -2.41. The number of rotatable bonds is 9. The molecule has 0 saturated heterocycles. The maximum absolute atomic E-state index is 10.6. The van der Waals surface area contributed by atoms with Crippen LogP contribution in [0.2, 0.25) is 0 Å². The molecule has 0 aliphatic heterocycles. The van der Waals surface area contributed by atoms with Gasteiger partial charge in [-0.3, -0.25) is 10.1 Å². The Bertz CT molecular complexity index is 416. The van der Waals surface area contributed by atoms with Crippen LogP contribution in [0.5, 0.6) is 0 Å². The maximum atomic E-state index is 10.6. The molecule has 0 spiro atoms. The summed E-state index contributed by atoms with van der Waals surface area (Å²) in [5, 5.41) is 21.0. The number of benzene rings is 1. The van der Waals surface area contributed by atoms with E-state index < -0.39 is 10.5 Å². The van der Waals surface area contributed by atoms with Crippen molar-refractivity contribution in [2.45, 2.75) is 12.5 Å². The largest absolute Gasteiger partial charge is 0.394 e. The molecule has 20 heavy (non-hydrogen) atoms. The number of nitro groups is 1. The fourth-order valence-electron chi connectivity index (χ4n) is 1.56. The topological polar surface area (TPSA) is 87.9 Å². The molecule has 0 radical (unpaired) electrons. The Hall–Kier alpha value is -1.41. The van der Waals surface area contributed by atoms with Crippen LogP contribution >= 0.6 is 11.6 Å². The number of aliphatic hydroxyl groups is 1. The number of ether oxygens (including phenoxy) is 1. The predicted molar refractivity (Wildman–Crippen MR) is 76.8 cm³/mol. The number of non-ortho nitro benzene ring substituents is 1. The second kappa shape index (κ2) is 8.70. The van der Waals surface area contributed by atoms with Gasteiger partial charge in [-0.15, -0.1) is 0 Å². The van der Waals surface area contributed by atoms with E-state index in [0.717, 1.165) is 5.69 Å². The summed E-state index contributed by atoms with van der Waals surface area (Å²) >= 11 is 5.90. The fourth-order valence-corrected chi connectivity index (χ4v) is 1.72. The first-order valence-corrected chi connectivity index (χ1v) is 6.64. The van der Waals surface area contributed by atoms with Gasteiger partial charge in [-0.2, -0.15) is 0 Å². The highest BCUT2D eigenvalue weighted by atomic mass is 35.5. The molecular weight excluding hydrogens is 286 g/mol. The van der Waals surface area contributed by atoms with Gasteiger partial charge < -0.3 is 14.9 Å². The average Bonchev–Trinajstić information content (AvgIpc) is 2.46. The summed E-state index contributed by atoms with van der Waals surface area (Å²) < 4.78 is 5.11. The van der Waals surface area contributed by atoms with Crippen LogP contribution in [-0.4, -0.2) is 41.9 Å². The van der Waals surface area contributed by atoms with Gasteiger partial charge in [0.25, 0.3) is 5.69 Å². The van der Waals surface area contributed by atoms with Gasteiger partial charge in [-0.25, -0.2) is 5.43 Å². The van der Waals surface area contributed by atoms with Crippen LogP contribution in [-0.2, 0) is 4.74 Å². The first-order chi connectivity index (χ1) is 9.58. The minimum Gasteiger partial charge on any atom is -0.394 e. The summed E-state index contributed by atoms with van der Waals surface area (Å²) in [6.07, 6.45) is 0. The van der Waals surface area contributed by atoms with Crippen molar-refractivity contribution in [1.29, 1.82) is 0 Å². The van der Waals surface area contributed by atoms with Gasteiger partial charge in [0.05, 0.1) is 30.4 Å². The van der Waals surface area contributed by atoms with Crippen molar-refractivity contribution >= 4 is 23.0 Å². The van der Waals surface area contributed by atoms with Gasteiger partial charge in [0.1, 0.15) is 5.56 Å². The van der Waals surface area contributed by atoms with E-state index in [2.05, 4.69) is 5.43 Å². The lowest BCUT2D eigenvalue weighted by atomic mass is 10.3. The molecule has 7 nitrogen and oxygen atoms in total. The molecule has 2 N–H and O–H groups in total. The number of halogens is 1. The van der Waals surface area contributed by atoms with E-state index in [1.54, 1.807) is 17.1 Å². The Labute approximate surface area is 122 Å². The molecule has 0 amide bonds. The minimum atomic E-state index is -0.561. The molecule has 0 bridgehead atoms. The Kier molecular flexibility index (Phi) is 7.24. The van der Waals surface area contributed by atoms with Crippen molar-refractivity contribution in [2.75, 3.05) is 31.3 Å². The van der Waals surface area contributed by atoms with Crippen molar-refractivity contribution in [3.05, 3.63) is 34.4 Å². The number of hydrogen-bond donors (Lipinski definition) is 2. The SMILES string of the molecule is CCN(NCC(Cl)OCCO)c1ccc([N+](=O)[O-])cc1. The lowest BCUT2D eigenvalue weighted by molar-refractivity contribution is -0.384. The molecule has 0 aliphatic rings.